The summed E-state index contributed by atoms with van der Waals surface area (Å²) in [5, 5.41) is 0. The Morgan fingerprint density at radius 2 is 1.64 bits per heavy atom. The minimum atomic E-state index is -0.959. The van der Waals surface area contributed by atoms with Gasteiger partial charge in [0.15, 0.2) is 5.54 Å². The molecule has 1 heterocycles. The molecular weight excluding hydrogens is 274 g/mol. The van der Waals surface area contributed by atoms with E-state index in [1.165, 1.54) is 0 Å². The Labute approximate surface area is 130 Å². The molecule has 1 atom stereocenters. The highest BCUT2D eigenvalue weighted by Crippen LogP contribution is 2.40. The molecule has 0 aromatic heterocycles. The Morgan fingerprint density at radius 1 is 1.00 bits per heavy atom. The van der Waals surface area contributed by atoms with Crippen LogP contribution in [-0.2, 0) is 15.1 Å². The highest BCUT2D eigenvalue weighted by Gasteiger charge is 2.50. The van der Waals surface area contributed by atoms with Crippen molar-refractivity contribution in [1.29, 1.82) is 0 Å². The number of nitrogens with zero attached hydrogens (tertiary/aromatic N) is 1. The van der Waals surface area contributed by atoms with Crippen LogP contribution in [0, 0.1) is 12.8 Å². The zero-order chi connectivity index (χ0) is 15.7. The molecule has 22 heavy (non-hydrogen) atoms. The number of hydrogen-bond donors (Lipinski definition) is 0. The van der Waals surface area contributed by atoms with Crippen molar-refractivity contribution in [3.05, 3.63) is 71.3 Å². The lowest BCUT2D eigenvalue weighted by atomic mass is 9.81. The fourth-order valence-corrected chi connectivity index (χ4v) is 2.90. The highest BCUT2D eigenvalue weighted by atomic mass is 16.6. The number of aryl methyl sites for hydroxylation is 1. The molecule has 1 aliphatic heterocycles. The summed E-state index contributed by atoms with van der Waals surface area (Å²) in [6.07, 6.45) is 0. The summed E-state index contributed by atoms with van der Waals surface area (Å²) >= 11 is 0. The standard InChI is InChI=1S/C19H19NO2/c1-13(2)19(15-10-5-4-6-11-15)18(21)22-17(20-19)16-12-8-7-9-14(16)3/h4-13H,1-3H3/t19-/m1/s1. The van der Waals surface area contributed by atoms with Gasteiger partial charge >= 0.3 is 5.97 Å². The zero-order valence-corrected chi connectivity index (χ0v) is 13.0. The van der Waals surface area contributed by atoms with Gasteiger partial charge in [-0.05, 0) is 30.0 Å². The fraction of sp³-hybridized carbons (Fsp3) is 0.263. The summed E-state index contributed by atoms with van der Waals surface area (Å²) in [5.41, 5.74) is 1.83. The van der Waals surface area contributed by atoms with Crippen molar-refractivity contribution in [1.82, 2.24) is 0 Å². The summed E-state index contributed by atoms with van der Waals surface area (Å²) in [4.78, 5) is 17.4. The number of benzene rings is 2. The van der Waals surface area contributed by atoms with Crippen LogP contribution in [-0.4, -0.2) is 11.9 Å². The van der Waals surface area contributed by atoms with Gasteiger partial charge < -0.3 is 4.74 Å². The second-order valence-corrected chi connectivity index (χ2v) is 5.91. The quantitative estimate of drug-likeness (QED) is 0.806. The third kappa shape index (κ3) is 2.13. The van der Waals surface area contributed by atoms with Crippen molar-refractivity contribution in [3.63, 3.8) is 0 Å². The molecule has 0 radical (unpaired) electrons. The number of carbonyl (C=O) groups is 1. The molecule has 0 amide bonds. The SMILES string of the molecule is Cc1ccccc1C1=N[C@@](c2ccccc2)(C(C)C)C(=O)O1. The number of carbonyl (C=O) groups excluding carboxylic acids is 1. The van der Waals surface area contributed by atoms with Gasteiger partial charge in [-0.25, -0.2) is 9.79 Å². The Hall–Kier alpha value is -2.42. The first-order valence-electron chi connectivity index (χ1n) is 7.49. The van der Waals surface area contributed by atoms with Crippen molar-refractivity contribution in [3.8, 4) is 0 Å². The summed E-state index contributed by atoms with van der Waals surface area (Å²) in [6, 6.07) is 17.5. The second-order valence-electron chi connectivity index (χ2n) is 5.91. The van der Waals surface area contributed by atoms with Crippen LogP contribution >= 0.6 is 0 Å². The van der Waals surface area contributed by atoms with Crippen LogP contribution in [0.2, 0.25) is 0 Å². The lowest BCUT2D eigenvalue weighted by molar-refractivity contribution is -0.141. The lowest BCUT2D eigenvalue weighted by Crippen LogP contribution is -2.36. The minimum absolute atomic E-state index is 0.00363. The molecular formula is C19H19NO2. The number of rotatable bonds is 3. The molecule has 0 aliphatic carbocycles. The van der Waals surface area contributed by atoms with E-state index in [1.807, 2.05) is 75.4 Å². The molecule has 0 N–H and O–H groups in total. The van der Waals surface area contributed by atoms with E-state index in [0.717, 1.165) is 16.7 Å². The van der Waals surface area contributed by atoms with Crippen molar-refractivity contribution in [2.45, 2.75) is 26.3 Å². The number of aliphatic imine (C=N–C) groups is 1. The Balaban J connectivity index is 2.16. The highest BCUT2D eigenvalue weighted by molar-refractivity contribution is 6.09. The van der Waals surface area contributed by atoms with Crippen LogP contribution in [0.15, 0.2) is 59.6 Å². The van der Waals surface area contributed by atoms with E-state index < -0.39 is 5.54 Å². The number of esters is 1. The maximum Gasteiger partial charge on any atom is 0.345 e. The van der Waals surface area contributed by atoms with Crippen molar-refractivity contribution < 1.29 is 9.53 Å². The number of cyclic esters (lactones) is 1. The minimum Gasteiger partial charge on any atom is -0.405 e. The first-order valence-corrected chi connectivity index (χ1v) is 7.49. The van der Waals surface area contributed by atoms with Gasteiger partial charge in [-0.2, -0.15) is 0 Å². The summed E-state index contributed by atoms with van der Waals surface area (Å²) < 4.78 is 5.57. The van der Waals surface area contributed by atoms with Crippen LogP contribution in [0.25, 0.3) is 0 Å². The van der Waals surface area contributed by atoms with Crippen LogP contribution in [0.5, 0.6) is 0 Å². The largest absolute Gasteiger partial charge is 0.405 e. The first kappa shape index (κ1) is 14.5. The van der Waals surface area contributed by atoms with Crippen LogP contribution < -0.4 is 0 Å². The average molecular weight is 293 g/mol. The van der Waals surface area contributed by atoms with E-state index in [-0.39, 0.29) is 11.9 Å². The van der Waals surface area contributed by atoms with Gasteiger partial charge in [0.2, 0.25) is 5.90 Å². The van der Waals surface area contributed by atoms with Gasteiger partial charge in [0, 0.05) is 5.56 Å². The molecule has 2 aromatic rings. The molecule has 3 nitrogen and oxygen atoms in total. The zero-order valence-electron chi connectivity index (χ0n) is 13.0. The molecule has 0 unspecified atom stereocenters. The lowest BCUT2D eigenvalue weighted by Gasteiger charge is -2.26. The van der Waals surface area contributed by atoms with Gasteiger partial charge in [-0.1, -0.05) is 62.4 Å². The van der Waals surface area contributed by atoms with Crippen LogP contribution in [0.1, 0.15) is 30.5 Å². The fourth-order valence-electron chi connectivity index (χ4n) is 2.90. The summed E-state index contributed by atoms with van der Waals surface area (Å²) in [6.45, 7) is 5.99. The average Bonchev–Trinajstić information content (AvgIpc) is 2.87. The van der Waals surface area contributed by atoms with E-state index in [1.54, 1.807) is 0 Å². The van der Waals surface area contributed by atoms with E-state index in [9.17, 15) is 4.79 Å². The molecule has 0 saturated carbocycles. The topological polar surface area (TPSA) is 38.7 Å². The predicted octanol–water partition coefficient (Wildman–Crippen LogP) is 3.85. The molecule has 0 bridgehead atoms. The van der Waals surface area contributed by atoms with Crippen LogP contribution in [0.4, 0.5) is 0 Å². The number of hydrogen-bond acceptors (Lipinski definition) is 3. The molecule has 1 aliphatic rings. The van der Waals surface area contributed by atoms with E-state index in [4.69, 9.17) is 9.73 Å². The van der Waals surface area contributed by atoms with Crippen LogP contribution in [0.3, 0.4) is 0 Å². The van der Waals surface area contributed by atoms with Gasteiger partial charge in [-0.3, -0.25) is 0 Å². The van der Waals surface area contributed by atoms with Gasteiger partial charge in [0.05, 0.1) is 0 Å². The van der Waals surface area contributed by atoms with Crippen molar-refractivity contribution in [2.24, 2.45) is 10.9 Å². The Kier molecular flexibility index (Phi) is 3.57. The van der Waals surface area contributed by atoms with Gasteiger partial charge in [0.1, 0.15) is 0 Å². The van der Waals surface area contributed by atoms with Crippen molar-refractivity contribution >= 4 is 11.9 Å². The van der Waals surface area contributed by atoms with E-state index >= 15 is 0 Å². The normalized spacial score (nSPS) is 20.9. The monoisotopic (exact) mass is 293 g/mol. The Bertz CT molecular complexity index is 734. The third-order valence-corrected chi connectivity index (χ3v) is 4.20. The maximum absolute atomic E-state index is 12.7. The molecule has 0 saturated heterocycles. The summed E-state index contributed by atoms with van der Waals surface area (Å²) in [5.74, 6) is 0.122. The molecule has 0 fully saturated rings. The van der Waals surface area contributed by atoms with E-state index in [2.05, 4.69) is 0 Å². The summed E-state index contributed by atoms with van der Waals surface area (Å²) in [7, 11) is 0. The first-order chi connectivity index (χ1) is 10.6. The Morgan fingerprint density at radius 3 is 2.27 bits per heavy atom. The van der Waals surface area contributed by atoms with Crippen molar-refractivity contribution in [2.75, 3.05) is 0 Å². The number of ether oxygens (including phenoxy) is 1. The van der Waals surface area contributed by atoms with E-state index in [0.29, 0.717) is 5.90 Å². The van der Waals surface area contributed by atoms with Gasteiger partial charge in [-0.15, -0.1) is 0 Å². The van der Waals surface area contributed by atoms with Gasteiger partial charge in [0.25, 0.3) is 0 Å². The third-order valence-electron chi connectivity index (χ3n) is 4.20. The molecule has 0 spiro atoms. The molecule has 3 rings (SSSR count). The molecule has 112 valence electrons. The molecule has 2 aromatic carbocycles. The second kappa shape index (κ2) is 5.41. The predicted molar refractivity (Wildman–Crippen MR) is 86.8 cm³/mol. The maximum atomic E-state index is 12.7. The smallest absolute Gasteiger partial charge is 0.345 e. The molecule has 3 heteroatoms.